The number of aromatic nitrogens is 2. The molecule has 1 saturated heterocycles. The minimum atomic E-state index is -0.346. The van der Waals surface area contributed by atoms with Gasteiger partial charge in [-0.15, -0.1) is 0 Å². The van der Waals surface area contributed by atoms with E-state index in [1.54, 1.807) is 23.9 Å². The fourth-order valence-corrected chi connectivity index (χ4v) is 4.68. The summed E-state index contributed by atoms with van der Waals surface area (Å²) in [5, 5.41) is 11.4. The van der Waals surface area contributed by atoms with E-state index in [0.29, 0.717) is 37.4 Å². The van der Waals surface area contributed by atoms with Crippen LogP contribution >= 0.6 is 11.6 Å². The highest BCUT2D eigenvalue weighted by Gasteiger charge is 2.27. The molecule has 1 amide bonds. The van der Waals surface area contributed by atoms with Gasteiger partial charge in [0.15, 0.2) is 5.78 Å². The molecule has 3 aromatic rings. The Morgan fingerprint density at radius 2 is 1.86 bits per heavy atom. The minimum absolute atomic E-state index is 0.0358. The van der Waals surface area contributed by atoms with Gasteiger partial charge in [-0.25, -0.2) is 0 Å². The molecule has 1 aromatic carbocycles. The number of ketones is 1. The van der Waals surface area contributed by atoms with Gasteiger partial charge in [-0.2, -0.15) is 0 Å². The molecule has 36 heavy (non-hydrogen) atoms. The predicted molar refractivity (Wildman–Crippen MR) is 139 cm³/mol. The maximum Gasteiger partial charge on any atom is 0.254 e. The number of hydrogen-bond acceptors (Lipinski definition) is 6. The summed E-state index contributed by atoms with van der Waals surface area (Å²) in [7, 11) is 3.17. The molecule has 10 heteroatoms. The maximum absolute atomic E-state index is 13.6. The van der Waals surface area contributed by atoms with Gasteiger partial charge in [0.25, 0.3) is 5.91 Å². The van der Waals surface area contributed by atoms with Crippen LogP contribution in [0.1, 0.15) is 47.1 Å². The summed E-state index contributed by atoms with van der Waals surface area (Å²) >= 11 is 6.28. The number of anilines is 1. The zero-order valence-corrected chi connectivity index (χ0v) is 22.0. The number of ether oxygens (including phenoxy) is 2. The predicted octanol–water partition coefficient (Wildman–Crippen LogP) is 3.26. The Kier molecular flexibility index (Phi) is 7.15. The number of methoxy groups -OCH3 is 1. The highest BCUT2D eigenvalue weighted by Crippen LogP contribution is 2.40. The number of rotatable bonds is 6. The van der Waals surface area contributed by atoms with Gasteiger partial charge in [0.1, 0.15) is 5.75 Å². The number of benzene rings is 1. The van der Waals surface area contributed by atoms with Crippen molar-refractivity contribution in [3.63, 3.8) is 0 Å². The van der Waals surface area contributed by atoms with Crippen LogP contribution in [-0.2, 0) is 16.7 Å². The zero-order valence-electron chi connectivity index (χ0n) is 21.3. The molecule has 192 valence electrons. The van der Waals surface area contributed by atoms with Crippen molar-refractivity contribution in [2.75, 3.05) is 45.4 Å². The number of nitrogens with one attached hydrogen (secondary N) is 2. The van der Waals surface area contributed by atoms with Crippen molar-refractivity contribution in [2.45, 2.75) is 32.7 Å². The largest absolute Gasteiger partial charge is 0.494 e. The van der Waals surface area contributed by atoms with Crippen LogP contribution in [0.15, 0.2) is 30.6 Å². The van der Waals surface area contributed by atoms with Crippen molar-refractivity contribution >= 4 is 34.5 Å². The summed E-state index contributed by atoms with van der Waals surface area (Å²) in [6.45, 7) is 8.88. The molecule has 2 aromatic heterocycles. The van der Waals surface area contributed by atoms with E-state index in [-0.39, 0.29) is 39.9 Å². The topological polar surface area (TPSA) is 101 Å². The second-order valence-corrected chi connectivity index (χ2v) is 10.2. The third-order valence-corrected chi connectivity index (χ3v) is 6.71. The molecule has 0 unspecified atom stereocenters. The average Bonchev–Trinajstić information content (AvgIpc) is 3.15. The fraction of sp³-hybridized carbons (Fsp3) is 0.423. The molecule has 4 rings (SSSR count). The number of fused-ring (bicyclic) bond motifs is 1. The van der Waals surface area contributed by atoms with E-state index in [1.165, 1.54) is 17.6 Å². The number of nitrogens with zero attached hydrogens (tertiary/aromatic N) is 3. The molecule has 1 aliphatic heterocycles. The van der Waals surface area contributed by atoms with Crippen LogP contribution < -0.4 is 20.6 Å². The number of amides is 1. The van der Waals surface area contributed by atoms with E-state index in [9.17, 15) is 9.59 Å². The molecule has 1 aliphatic rings. The van der Waals surface area contributed by atoms with Gasteiger partial charge in [-0.1, -0.05) is 32.4 Å². The van der Waals surface area contributed by atoms with Crippen molar-refractivity contribution in [1.29, 1.82) is 5.41 Å². The lowest BCUT2D eigenvalue weighted by molar-refractivity contribution is 0.0956. The van der Waals surface area contributed by atoms with Crippen LogP contribution in [0.4, 0.5) is 5.69 Å². The summed E-state index contributed by atoms with van der Waals surface area (Å²) in [6, 6.07) is 5.39. The number of halogens is 1. The van der Waals surface area contributed by atoms with Gasteiger partial charge in [0.2, 0.25) is 5.62 Å². The lowest BCUT2D eigenvalue weighted by Crippen LogP contribution is -2.37. The molecule has 1 fully saturated rings. The Bertz CT molecular complexity index is 1380. The number of carbonyl (C=O) groups is 2. The van der Waals surface area contributed by atoms with Gasteiger partial charge in [-0.05, 0) is 23.6 Å². The number of Topliss-reactive ketones (excluding diaryl/α,β-unsaturated/α-hetero) is 1. The normalized spacial score (nSPS) is 14.2. The first-order valence-electron chi connectivity index (χ1n) is 11.8. The standard InChI is InChI=1S/C26H32ClN5O4/c1-26(2,3)19-10-16(11-21(23(19)35-5)30-6-8-36-9-7-30)22(33)15-31-13-17-12-20(27)18(24(34)29-4)14-32(17)25(31)28/h10-14,28H,6-9,15H2,1-5H3,(H,29,34). The summed E-state index contributed by atoms with van der Waals surface area (Å²) in [5.41, 5.74) is 3.05. The lowest BCUT2D eigenvalue weighted by atomic mass is 9.84. The van der Waals surface area contributed by atoms with E-state index in [4.69, 9.17) is 26.5 Å². The molecule has 0 spiro atoms. The Hall–Kier alpha value is -3.30. The van der Waals surface area contributed by atoms with Crippen molar-refractivity contribution in [2.24, 2.45) is 0 Å². The number of carbonyl (C=O) groups excluding carboxylic acids is 2. The van der Waals surface area contributed by atoms with Crippen LogP contribution in [0.5, 0.6) is 5.75 Å². The van der Waals surface area contributed by atoms with E-state index < -0.39 is 0 Å². The Balaban J connectivity index is 1.75. The van der Waals surface area contributed by atoms with Crippen LogP contribution in [0.25, 0.3) is 5.52 Å². The second kappa shape index (κ2) is 9.99. The zero-order chi connectivity index (χ0) is 26.2. The highest BCUT2D eigenvalue weighted by atomic mass is 35.5. The SMILES string of the molecule is CNC(=O)c1cn2c(=N)n(CC(=O)c3cc(N4CCOCC4)c(OC)c(C(C)(C)C)c3)cc2cc1Cl. The maximum atomic E-state index is 13.6. The van der Waals surface area contributed by atoms with Crippen molar-refractivity contribution in [3.05, 3.63) is 57.9 Å². The van der Waals surface area contributed by atoms with Crippen molar-refractivity contribution in [1.82, 2.24) is 14.3 Å². The molecular weight excluding hydrogens is 482 g/mol. The summed E-state index contributed by atoms with van der Waals surface area (Å²) < 4.78 is 14.5. The van der Waals surface area contributed by atoms with E-state index >= 15 is 0 Å². The molecule has 9 nitrogen and oxygen atoms in total. The first-order valence-corrected chi connectivity index (χ1v) is 12.2. The number of imidazole rings is 1. The summed E-state index contributed by atoms with van der Waals surface area (Å²) in [4.78, 5) is 27.9. The second-order valence-electron chi connectivity index (χ2n) is 9.84. The Morgan fingerprint density at radius 3 is 2.47 bits per heavy atom. The quantitative estimate of drug-likeness (QED) is 0.493. The number of pyridine rings is 1. The lowest BCUT2D eigenvalue weighted by Gasteiger charge is -2.33. The van der Waals surface area contributed by atoms with Crippen LogP contribution in [0.3, 0.4) is 0 Å². The van der Waals surface area contributed by atoms with E-state index in [1.807, 2.05) is 12.1 Å². The summed E-state index contributed by atoms with van der Waals surface area (Å²) in [6.07, 6.45) is 3.21. The van der Waals surface area contributed by atoms with Crippen LogP contribution in [-0.4, -0.2) is 61.1 Å². The minimum Gasteiger partial charge on any atom is -0.494 e. The van der Waals surface area contributed by atoms with E-state index in [0.717, 1.165) is 17.0 Å². The van der Waals surface area contributed by atoms with Crippen molar-refractivity contribution in [3.8, 4) is 5.75 Å². The van der Waals surface area contributed by atoms with E-state index in [2.05, 4.69) is 31.0 Å². The van der Waals surface area contributed by atoms with Gasteiger partial charge in [0.05, 0.1) is 48.7 Å². The fourth-order valence-electron chi connectivity index (χ4n) is 4.44. The molecule has 0 radical (unpaired) electrons. The first kappa shape index (κ1) is 25.8. The molecule has 0 bridgehead atoms. The monoisotopic (exact) mass is 513 g/mol. The van der Waals surface area contributed by atoms with Crippen LogP contribution in [0, 0.1) is 5.41 Å². The van der Waals surface area contributed by atoms with Gasteiger partial charge < -0.3 is 24.3 Å². The highest BCUT2D eigenvalue weighted by molar-refractivity contribution is 6.34. The first-order chi connectivity index (χ1) is 17.0. The Morgan fingerprint density at radius 1 is 1.17 bits per heavy atom. The average molecular weight is 514 g/mol. The van der Waals surface area contributed by atoms with Crippen LogP contribution in [0.2, 0.25) is 5.02 Å². The smallest absolute Gasteiger partial charge is 0.254 e. The number of hydrogen-bond donors (Lipinski definition) is 2. The molecule has 0 saturated carbocycles. The molecule has 0 aliphatic carbocycles. The molecule has 0 atom stereocenters. The number of morpholine rings is 1. The Labute approximate surface area is 215 Å². The summed E-state index contributed by atoms with van der Waals surface area (Å²) in [5.74, 6) is 0.284. The molecule has 2 N–H and O–H groups in total. The third-order valence-electron chi connectivity index (χ3n) is 6.40. The van der Waals surface area contributed by atoms with Gasteiger partial charge in [0, 0.05) is 43.7 Å². The molecular formula is C26H32ClN5O4. The van der Waals surface area contributed by atoms with Gasteiger partial charge in [-0.3, -0.25) is 19.4 Å². The van der Waals surface area contributed by atoms with Crippen molar-refractivity contribution < 1.29 is 19.1 Å². The van der Waals surface area contributed by atoms with Gasteiger partial charge >= 0.3 is 0 Å². The third kappa shape index (κ3) is 4.85. The molecule has 3 heterocycles.